The summed E-state index contributed by atoms with van der Waals surface area (Å²) in [7, 11) is 1.60. The van der Waals surface area contributed by atoms with E-state index in [1.807, 2.05) is 19.9 Å². The lowest BCUT2D eigenvalue weighted by Crippen LogP contribution is -2.24. The van der Waals surface area contributed by atoms with Crippen LogP contribution in [0.15, 0.2) is 6.07 Å². The Morgan fingerprint density at radius 2 is 2.22 bits per heavy atom. The topological polar surface area (TPSA) is 62.1 Å². The van der Waals surface area contributed by atoms with Gasteiger partial charge in [0.2, 0.25) is 0 Å². The van der Waals surface area contributed by atoms with Crippen molar-refractivity contribution in [3.63, 3.8) is 0 Å². The maximum Gasteiger partial charge on any atom is 0.322 e. The minimum Gasteiger partial charge on any atom is -0.496 e. The fourth-order valence-electron chi connectivity index (χ4n) is 1.79. The number of ether oxygens (including phenoxy) is 1. The van der Waals surface area contributed by atoms with Crippen LogP contribution in [-0.4, -0.2) is 19.6 Å². The number of nitrogens with zero attached hydrogens (tertiary/aromatic N) is 1. The number of methoxy groups -OCH3 is 1. The average Bonchev–Trinajstić information content (AvgIpc) is 2.37. The first-order valence-corrected chi connectivity index (χ1v) is 5.89. The van der Waals surface area contributed by atoms with E-state index in [2.05, 4.69) is 5.32 Å². The van der Waals surface area contributed by atoms with E-state index in [0.717, 1.165) is 22.4 Å². The molecule has 1 rings (SSSR count). The number of benzene rings is 1. The van der Waals surface area contributed by atoms with Gasteiger partial charge < -0.3 is 10.1 Å². The van der Waals surface area contributed by atoms with E-state index < -0.39 is 5.91 Å². The molecule has 0 aromatic heterocycles. The van der Waals surface area contributed by atoms with Crippen molar-refractivity contribution in [2.45, 2.75) is 20.3 Å². The Morgan fingerprint density at radius 3 is 2.78 bits per heavy atom. The van der Waals surface area contributed by atoms with Crippen molar-refractivity contribution in [2.24, 2.45) is 0 Å². The second-order valence-corrected chi connectivity index (χ2v) is 4.31. The number of aryl methyl sites for hydroxylation is 1. The lowest BCUT2D eigenvalue weighted by Gasteiger charge is -2.15. The summed E-state index contributed by atoms with van der Waals surface area (Å²) in [5.41, 5.74) is 2.85. The van der Waals surface area contributed by atoms with Crippen LogP contribution >= 0.6 is 11.6 Å². The third kappa shape index (κ3) is 3.14. The molecule has 0 unspecified atom stereocenters. The molecule has 0 saturated heterocycles. The number of hydrogen-bond donors (Lipinski definition) is 1. The van der Waals surface area contributed by atoms with Gasteiger partial charge in [0.05, 0.1) is 7.11 Å². The van der Waals surface area contributed by atoms with Gasteiger partial charge in [0.15, 0.2) is 6.07 Å². The molecule has 1 aromatic carbocycles. The van der Waals surface area contributed by atoms with Gasteiger partial charge in [-0.3, -0.25) is 4.79 Å². The summed E-state index contributed by atoms with van der Waals surface area (Å²) in [5.74, 6) is 0.116. The molecule has 0 radical (unpaired) electrons. The molecule has 0 fully saturated rings. The molecule has 0 saturated carbocycles. The van der Waals surface area contributed by atoms with Crippen LogP contribution in [0.25, 0.3) is 0 Å². The Bertz CT molecular complexity index is 507. The monoisotopic (exact) mass is 266 g/mol. The van der Waals surface area contributed by atoms with Crippen LogP contribution in [0.5, 0.6) is 5.75 Å². The molecule has 0 aliphatic rings. The average molecular weight is 267 g/mol. The summed E-state index contributed by atoms with van der Waals surface area (Å²) < 4.78 is 5.31. The van der Waals surface area contributed by atoms with E-state index in [0.29, 0.717) is 18.0 Å². The molecule has 0 heterocycles. The molecule has 0 atom stereocenters. The second-order valence-electron chi connectivity index (χ2n) is 3.93. The molecule has 0 spiro atoms. The Morgan fingerprint density at radius 1 is 1.56 bits per heavy atom. The summed E-state index contributed by atoms with van der Waals surface area (Å²) in [6.45, 7) is 4.21. The number of rotatable bonds is 4. The van der Waals surface area contributed by atoms with Crippen LogP contribution in [0, 0.1) is 25.2 Å². The van der Waals surface area contributed by atoms with Gasteiger partial charge in [-0.05, 0) is 37.5 Å². The van der Waals surface area contributed by atoms with Gasteiger partial charge >= 0.3 is 5.91 Å². The first-order chi connectivity index (χ1) is 8.51. The van der Waals surface area contributed by atoms with E-state index in [4.69, 9.17) is 21.6 Å². The molecule has 96 valence electrons. The van der Waals surface area contributed by atoms with Crippen molar-refractivity contribution < 1.29 is 9.53 Å². The molecule has 5 heteroatoms. The minimum absolute atomic E-state index is 0.378. The molecular weight excluding hydrogens is 252 g/mol. The standard InChI is InChI=1S/C13H15ClN2O2/c1-8-6-11(18-3)10(9(2)13(8)14)4-5-16-12(17)7-15/h6H,4-5H2,1-3H3,(H,16,17). The summed E-state index contributed by atoms with van der Waals surface area (Å²) in [4.78, 5) is 10.8. The summed E-state index contributed by atoms with van der Waals surface area (Å²) in [6, 6.07) is 3.38. The van der Waals surface area contributed by atoms with Crippen molar-refractivity contribution in [3.05, 3.63) is 27.8 Å². The summed E-state index contributed by atoms with van der Waals surface area (Å²) in [6.07, 6.45) is 0.572. The van der Waals surface area contributed by atoms with Crippen LogP contribution in [-0.2, 0) is 11.2 Å². The second kappa shape index (κ2) is 6.27. The number of halogens is 1. The van der Waals surface area contributed by atoms with Crippen LogP contribution < -0.4 is 10.1 Å². The Hall–Kier alpha value is -1.73. The number of nitrogens with one attached hydrogen (secondary N) is 1. The maximum atomic E-state index is 10.8. The Labute approximate surface area is 112 Å². The fourth-order valence-corrected chi connectivity index (χ4v) is 1.96. The highest BCUT2D eigenvalue weighted by molar-refractivity contribution is 6.32. The zero-order valence-electron chi connectivity index (χ0n) is 10.6. The lowest BCUT2D eigenvalue weighted by atomic mass is 10.0. The van der Waals surface area contributed by atoms with Gasteiger partial charge in [0, 0.05) is 17.1 Å². The van der Waals surface area contributed by atoms with Gasteiger partial charge in [-0.25, -0.2) is 0 Å². The zero-order valence-corrected chi connectivity index (χ0v) is 11.4. The van der Waals surface area contributed by atoms with E-state index >= 15 is 0 Å². The molecule has 1 amide bonds. The Balaban J connectivity index is 2.91. The van der Waals surface area contributed by atoms with Crippen molar-refractivity contribution in [1.29, 1.82) is 5.26 Å². The summed E-state index contributed by atoms with van der Waals surface area (Å²) in [5, 5.41) is 11.6. The van der Waals surface area contributed by atoms with Crippen molar-refractivity contribution in [2.75, 3.05) is 13.7 Å². The first-order valence-electron chi connectivity index (χ1n) is 5.51. The van der Waals surface area contributed by atoms with Crippen LogP contribution in [0.3, 0.4) is 0 Å². The molecule has 0 aliphatic heterocycles. The highest BCUT2D eigenvalue weighted by atomic mass is 35.5. The van der Waals surface area contributed by atoms with E-state index in [1.165, 1.54) is 6.07 Å². The van der Waals surface area contributed by atoms with Crippen molar-refractivity contribution in [3.8, 4) is 11.8 Å². The fraction of sp³-hybridized carbons (Fsp3) is 0.385. The quantitative estimate of drug-likeness (QED) is 0.850. The van der Waals surface area contributed by atoms with E-state index in [9.17, 15) is 4.79 Å². The molecular formula is C13H15ClN2O2. The minimum atomic E-state index is -0.634. The van der Waals surface area contributed by atoms with Crippen LogP contribution in [0.2, 0.25) is 5.02 Å². The molecule has 1 aromatic rings. The third-order valence-electron chi connectivity index (χ3n) is 2.76. The van der Waals surface area contributed by atoms with Gasteiger partial charge in [0.25, 0.3) is 0 Å². The first kappa shape index (κ1) is 14.3. The highest BCUT2D eigenvalue weighted by Gasteiger charge is 2.12. The van der Waals surface area contributed by atoms with E-state index in [-0.39, 0.29) is 0 Å². The molecule has 1 N–H and O–H groups in total. The number of hydrogen-bond acceptors (Lipinski definition) is 3. The SMILES string of the molecule is COc1cc(C)c(Cl)c(C)c1CCNC(=O)C#N. The van der Waals surface area contributed by atoms with Crippen molar-refractivity contribution >= 4 is 17.5 Å². The number of nitriles is 1. The molecule has 4 nitrogen and oxygen atoms in total. The zero-order chi connectivity index (χ0) is 13.7. The van der Waals surface area contributed by atoms with E-state index in [1.54, 1.807) is 7.11 Å². The molecule has 0 aliphatic carbocycles. The molecule has 0 bridgehead atoms. The smallest absolute Gasteiger partial charge is 0.322 e. The predicted molar refractivity (Wildman–Crippen MR) is 69.8 cm³/mol. The van der Waals surface area contributed by atoms with Gasteiger partial charge in [-0.2, -0.15) is 5.26 Å². The number of carbonyl (C=O) groups excluding carboxylic acids is 1. The summed E-state index contributed by atoms with van der Waals surface area (Å²) >= 11 is 6.19. The normalized spacial score (nSPS) is 9.72. The Kier molecular flexibility index (Phi) is 4.99. The van der Waals surface area contributed by atoms with Crippen LogP contribution in [0.4, 0.5) is 0 Å². The van der Waals surface area contributed by atoms with Crippen LogP contribution in [0.1, 0.15) is 16.7 Å². The highest BCUT2D eigenvalue weighted by Crippen LogP contribution is 2.31. The van der Waals surface area contributed by atoms with Crippen molar-refractivity contribution in [1.82, 2.24) is 5.32 Å². The number of amides is 1. The van der Waals surface area contributed by atoms with Gasteiger partial charge in [-0.1, -0.05) is 11.6 Å². The maximum absolute atomic E-state index is 10.8. The molecule has 18 heavy (non-hydrogen) atoms. The third-order valence-corrected chi connectivity index (χ3v) is 3.34. The van der Waals surface area contributed by atoms with Gasteiger partial charge in [-0.15, -0.1) is 0 Å². The number of carbonyl (C=O) groups is 1. The van der Waals surface area contributed by atoms with Gasteiger partial charge in [0.1, 0.15) is 5.75 Å². The lowest BCUT2D eigenvalue weighted by molar-refractivity contribution is -0.115. The predicted octanol–water partition coefficient (Wildman–Crippen LogP) is 2.15. The largest absolute Gasteiger partial charge is 0.496 e.